The molecule has 0 saturated carbocycles. The van der Waals surface area contributed by atoms with Gasteiger partial charge in [-0.1, -0.05) is 30.3 Å². The van der Waals surface area contributed by atoms with Crippen LogP contribution in [0.1, 0.15) is 18.9 Å². The van der Waals surface area contributed by atoms with Gasteiger partial charge in [-0.05, 0) is 12.5 Å². The first-order valence-corrected chi connectivity index (χ1v) is 8.08. The number of likely N-dealkylation sites (N-methyl/N-ethyl adjacent to an activating group) is 1. The summed E-state index contributed by atoms with van der Waals surface area (Å²) in [6.45, 7) is 5.13. The first-order valence-electron chi connectivity index (χ1n) is 8.08. The van der Waals surface area contributed by atoms with Crippen molar-refractivity contribution in [3.8, 4) is 0 Å². The first-order chi connectivity index (χ1) is 11.2. The molecule has 6 heteroatoms. The van der Waals surface area contributed by atoms with Crippen molar-refractivity contribution in [1.29, 1.82) is 0 Å². The Balaban J connectivity index is 1.74. The maximum atomic E-state index is 12.2. The van der Waals surface area contributed by atoms with Crippen LogP contribution in [0.5, 0.6) is 0 Å². The molecule has 1 aliphatic rings. The molecule has 1 aromatic carbocycles. The Morgan fingerprint density at radius 1 is 1.35 bits per heavy atom. The van der Waals surface area contributed by atoms with E-state index < -0.39 is 0 Å². The highest BCUT2D eigenvalue weighted by Crippen LogP contribution is 2.04. The van der Waals surface area contributed by atoms with Crippen LogP contribution >= 0.6 is 0 Å². The number of hydrogen-bond donors (Lipinski definition) is 2. The van der Waals surface area contributed by atoms with Crippen LogP contribution in [0.3, 0.4) is 0 Å². The van der Waals surface area contributed by atoms with Crippen molar-refractivity contribution in [2.75, 3.05) is 32.8 Å². The van der Waals surface area contributed by atoms with Crippen molar-refractivity contribution < 1.29 is 14.3 Å². The van der Waals surface area contributed by atoms with Gasteiger partial charge in [0.25, 0.3) is 0 Å². The number of hydrogen-bond acceptors (Lipinski definition) is 4. The van der Waals surface area contributed by atoms with Gasteiger partial charge in [-0.15, -0.1) is 0 Å². The monoisotopic (exact) mass is 319 g/mol. The summed E-state index contributed by atoms with van der Waals surface area (Å²) in [5.41, 5.74) is 1.08. The van der Waals surface area contributed by atoms with E-state index in [1.165, 1.54) is 0 Å². The number of nitrogens with zero attached hydrogens (tertiary/aromatic N) is 1. The third-order valence-electron chi connectivity index (χ3n) is 3.82. The second-order valence-electron chi connectivity index (χ2n) is 5.60. The van der Waals surface area contributed by atoms with Gasteiger partial charge in [-0.3, -0.25) is 9.59 Å². The lowest BCUT2D eigenvalue weighted by Gasteiger charge is -2.24. The molecule has 6 nitrogen and oxygen atoms in total. The summed E-state index contributed by atoms with van der Waals surface area (Å²) in [5, 5.41) is 5.93. The van der Waals surface area contributed by atoms with Gasteiger partial charge < -0.3 is 20.3 Å². The Morgan fingerprint density at radius 2 is 2.13 bits per heavy atom. The van der Waals surface area contributed by atoms with E-state index in [1.807, 2.05) is 37.3 Å². The molecule has 1 atom stereocenters. The molecule has 0 radical (unpaired) electrons. The van der Waals surface area contributed by atoms with E-state index in [-0.39, 0.29) is 24.4 Å². The molecule has 1 aromatic rings. The second kappa shape index (κ2) is 9.27. The fourth-order valence-electron chi connectivity index (χ4n) is 2.51. The molecule has 1 aliphatic heterocycles. The molecule has 1 fully saturated rings. The summed E-state index contributed by atoms with van der Waals surface area (Å²) >= 11 is 0. The normalized spacial score (nSPS) is 17.5. The van der Waals surface area contributed by atoms with E-state index in [0.29, 0.717) is 32.7 Å². The third-order valence-corrected chi connectivity index (χ3v) is 3.82. The van der Waals surface area contributed by atoms with E-state index in [4.69, 9.17) is 4.74 Å². The van der Waals surface area contributed by atoms with Crippen LogP contribution in [0.25, 0.3) is 0 Å². The van der Waals surface area contributed by atoms with Gasteiger partial charge in [-0.25, -0.2) is 0 Å². The lowest BCUT2D eigenvalue weighted by Crippen LogP contribution is -2.46. The number of nitrogens with one attached hydrogen (secondary N) is 2. The van der Waals surface area contributed by atoms with Crippen molar-refractivity contribution in [1.82, 2.24) is 15.5 Å². The zero-order valence-corrected chi connectivity index (χ0v) is 13.6. The Bertz CT molecular complexity index is 501. The molecular formula is C17H25N3O3. The highest BCUT2D eigenvalue weighted by atomic mass is 16.5. The fraction of sp³-hybridized carbons (Fsp3) is 0.529. The largest absolute Gasteiger partial charge is 0.378 e. The minimum atomic E-state index is -0.128. The fourth-order valence-corrected chi connectivity index (χ4v) is 2.51. The van der Waals surface area contributed by atoms with Crippen molar-refractivity contribution in [3.63, 3.8) is 0 Å². The maximum Gasteiger partial charge on any atom is 0.242 e. The number of benzene rings is 1. The van der Waals surface area contributed by atoms with Crippen LogP contribution in [-0.4, -0.2) is 55.6 Å². The molecule has 0 aliphatic carbocycles. The van der Waals surface area contributed by atoms with E-state index >= 15 is 0 Å². The maximum absolute atomic E-state index is 12.2. The van der Waals surface area contributed by atoms with Crippen molar-refractivity contribution in [2.24, 2.45) is 0 Å². The Labute approximate surface area is 137 Å². The number of carbonyl (C=O) groups is 2. The van der Waals surface area contributed by atoms with Crippen LogP contribution in [0.4, 0.5) is 0 Å². The first kappa shape index (κ1) is 17.4. The van der Waals surface area contributed by atoms with Crippen molar-refractivity contribution >= 4 is 11.8 Å². The molecule has 1 unspecified atom stereocenters. The Kier molecular flexibility index (Phi) is 7.03. The molecule has 0 aromatic heterocycles. The summed E-state index contributed by atoms with van der Waals surface area (Å²) < 4.78 is 5.31. The molecule has 0 spiro atoms. The van der Waals surface area contributed by atoms with Crippen LogP contribution in [0.2, 0.25) is 0 Å². The number of carbonyl (C=O) groups excluding carboxylic acids is 2. The van der Waals surface area contributed by atoms with Crippen molar-refractivity contribution in [3.05, 3.63) is 35.9 Å². The highest BCUT2D eigenvalue weighted by Gasteiger charge is 2.18. The number of morpholine rings is 1. The predicted octanol–water partition coefficient (Wildman–Crippen LogP) is 0.530. The molecule has 23 heavy (non-hydrogen) atoms. The lowest BCUT2D eigenvalue weighted by atomic mass is 10.2. The molecule has 2 rings (SSSR count). The molecule has 2 N–H and O–H groups in total. The van der Waals surface area contributed by atoms with Gasteiger partial charge in [0.05, 0.1) is 19.8 Å². The minimum Gasteiger partial charge on any atom is -0.378 e. The molecule has 1 heterocycles. The quantitative estimate of drug-likeness (QED) is 0.769. The number of ether oxygens (including phenoxy) is 1. The highest BCUT2D eigenvalue weighted by molar-refractivity contribution is 5.85. The molecule has 1 saturated heterocycles. The van der Waals surface area contributed by atoms with E-state index in [9.17, 15) is 9.59 Å². The predicted molar refractivity (Wildman–Crippen MR) is 87.8 cm³/mol. The van der Waals surface area contributed by atoms with Gasteiger partial charge in [0.1, 0.15) is 0 Å². The van der Waals surface area contributed by atoms with Crippen molar-refractivity contribution in [2.45, 2.75) is 25.9 Å². The summed E-state index contributed by atoms with van der Waals surface area (Å²) in [6.07, 6.45) is 0.331. The number of amides is 2. The van der Waals surface area contributed by atoms with E-state index in [2.05, 4.69) is 10.6 Å². The van der Waals surface area contributed by atoms with Crippen LogP contribution in [-0.2, 0) is 20.9 Å². The lowest BCUT2D eigenvalue weighted by molar-refractivity contribution is -0.133. The van der Waals surface area contributed by atoms with Crippen LogP contribution in [0, 0.1) is 0 Å². The standard InChI is InChI=1S/C17H25N3O3/c1-2-20(12-14-6-4-3-5-7-14)17(22)11-19-16(21)10-15-13-23-9-8-18-15/h3-7,15,18H,2,8-13H2,1H3,(H,19,21). The molecule has 2 amide bonds. The van der Waals surface area contributed by atoms with Gasteiger partial charge >= 0.3 is 0 Å². The van der Waals surface area contributed by atoms with Gasteiger partial charge in [-0.2, -0.15) is 0 Å². The average Bonchev–Trinajstić information content (AvgIpc) is 2.59. The third kappa shape index (κ3) is 6.00. The van der Waals surface area contributed by atoms with Gasteiger partial charge in [0, 0.05) is 32.1 Å². The average molecular weight is 319 g/mol. The number of rotatable bonds is 7. The Morgan fingerprint density at radius 3 is 2.78 bits per heavy atom. The smallest absolute Gasteiger partial charge is 0.242 e. The SMILES string of the molecule is CCN(Cc1ccccc1)C(=O)CNC(=O)CC1COCCN1. The summed E-state index contributed by atoms with van der Waals surface area (Å²) in [7, 11) is 0. The minimum absolute atomic E-state index is 0.0328. The zero-order chi connectivity index (χ0) is 16.5. The van der Waals surface area contributed by atoms with Crippen LogP contribution in [0.15, 0.2) is 30.3 Å². The zero-order valence-electron chi connectivity index (χ0n) is 13.6. The summed E-state index contributed by atoms with van der Waals surface area (Å²) in [5.74, 6) is -0.199. The second-order valence-corrected chi connectivity index (χ2v) is 5.60. The molecule has 0 bridgehead atoms. The van der Waals surface area contributed by atoms with E-state index in [0.717, 1.165) is 12.1 Å². The Hall–Kier alpha value is -1.92. The molecular weight excluding hydrogens is 294 g/mol. The van der Waals surface area contributed by atoms with Gasteiger partial charge in [0.2, 0.25) is 11.8 Å². The van der Waals surface area contributed by atoms with Gasteiger partial charge in [0.15, 0.2) is 0 Å². The summed E-state index contributed by atoms with van der Waals surface area (Å²) in [6, 6.07) is 9.87. The summed E-state index contributed by atoms with van der Waals surface area (Å²) in [4.78, 5) is 25.9. The molecule has 126 valence electrons. The van der Waals surface area contributed by atoms with E-state index in [1.54, 1.807) is 4.90 Å². The van der Waals surface area contributed by atoms with Crippen LogP contribution < -0.4 is 10.6 Å². The topological polar surface area (TPSA) is 70.7 Å².